The lowest BCUT2D eigenvalue weighted by molar-refractivity contribution is 0.0475. The summed E-state index contributed by atoms with van der Waals surface area (Å²) in [4.78, 5) is 34.6. The van der Waals surface area contributed by atoms with E-state index in [1.165, 1.54) is 12.4 Å². The predicted molar refractivity (Wildman–Crippen MR) is 74.9 cm³/mol. The van der Waals surface area contributed by atoms with Gasteiger partial charge in [0, 0.05) is 18.0 Å². The molecule has 0 aliphatic heterocycles. The van der Waals surface area contributed by atoms with Crippen molar-refractivity contribution in [3.05, 3.63) is 60.2 Å². The number of hydrogen-bond donors (Lipinski definition) is 1. The number of ether oxygens (including phenoxy) is 1. The van der Waals surface area contributed by atoms with Crippen LogP contribution in [-0.4, -0.2) is 33.3 Å². The van der Waals surface area contributed by atoms with Gasteiger partial charge in [-0.05, 0) is 30.3 Å². The topological polar surface area (TPSA) is 84.9 Å². The molecule has 1 N–H and O–H groups in total. The van der Waals surface area contributed by atoms with E-state index in [-0.39, 0.29) is 12.4 Å². The molecular formula is C15H11N3O3. The Morgan fingerprint density at radius 1 is 1.10 bits per heavy atom. The van der Waals surface area contributed by atoms with Crippen LogP contribution in [0.4, 0.5) is 0 Å². The molecule has 6 heteroatoms. The fourth-order valence-electron chi connectivity index (χ4n) is 1.90. The number of benzene rings is 1. The zero-order chi connectivity index (χ0) is 14.7. The Morgan fingerprint density at radius 2 is 1.90 bits per heavy atom. The van der Waals surface area contributed by atoms with Gasteiger partial charge in [0.1, 0.15) is 0 Å². The molecule has 0 aliphatic rings. The number of fused-ring (bicyclic) bond motifs is 1. The molecule has 0 atom stereocenters. The Labute approximate surface area is 119 Å². The van der Waals surface area contributed by atoms with Crippen LogP contribution in [0.5, 0.6) is 0 Å². The van der Waals surface area contributed by atoms with Crippen LogP contribution in [0.2, 0.25) is 0 Å². The molecule has 0 amide bonds. The van der Waals surface area contributed by atoms with E-state index in [2.05, 4.69) is 15.0 Å². The lowest BCUT2D eigenvalue weighted by atomic mass is 10.2. The second-order valence-corrected chi connectivity index (χ2v) is 4.37. The molecule has 6 nitrogen and oxygen atoms in total. The minimum absolute atomic E-state index is 0.270. The minimum Gasteiger partial charge on any atom is -0.454 e. The fraction of sp³-hybridized carbons (Fsp3) is 0.0667. The van der Waals surface area contributed by atoms with Crippen molar-refractivity contribution < 1.29 is 14.3 Å². The number of rotatable bonds is 4. The molecule has 0 saturated heterocycles. The highest BCUT2D eigenvalue weighted by Gasteiger charge is 2.12. The Balaban J connectivity index is 1.67. The molecule has 21 heavy (non-hydrogen) atoms. The van der Waals surface area contributed by atoms with Crippen LogP contribution < -0.4 is 0 Å². The van der Waals surface area contributed by atoms with Crippen molar-refractivity contribution in [3.8, 4) is 0 Å². The monoisotopic (exact) mass is 281 g/mol. The van der Waals surface area contributed by atoms with Gasteiger partial charge < -0.3 is 9.72 Å². The van der Waals surface area contributed by atoms with Crippen LogP contribution in [0.15, 0.2) is 49.1 Å². The summed E-state index contributed by atoms with van der Waals surface area (Å²) in [6, 6.07) is 8.12. The average molecular weight is 281 g/mol. The summed E-state index contributed by atoms with van der Waals surface area (Å²) < 4.78 is 5.03. The molecule has 0 spiro atoms. The highest BCUT2D eigenvalue weighted by Crippen LogP contribution is 2.12. The van der Waals surface area contributed by atoms with Gasteiger partial charge in [0.05, 0.1) is 22.9 Å². The lowest BCUT2D eigenvalue weighted by Gasteiger charge is -2.04. The first-order valence-corrected chi connectivity index (χ1v) is 6.27. The number of aromatic amines is 1. The molecule has 0 unspecified atom stereocenters. The number of esters is 1. The van der Waals surface area contributed by atoms with Gasteiger partial charge >= 0.3 is 5.97 Å². The maximum absolute atomic E-state index is 11.9. The quantitative estimate of drug-likeness (QED) is 0.584. The van der Waals surface area contributed by atoms with Gasteiger partial charge in [-0.25, -0.2) is 9.78 Å². The third-order valence-corrected chi connectivity index (χ3v) is 2.99. The Morgan fingerprint density at radius 3 is 2.71 bits per heavy atom. The zero-order valence-corrected chi connectivity index (χ0v) is 10.9. The van der Waals surface area contributed by atoms with E-state index in [0.29, 0.717) is 11.1 Å². The number of Topliss-reactive ketones (excluding diaryl/α,β-unsaturated/α-hetero) is 1. The lowest BCUT2D eigenvalue weighted by Crippen LogP contribution is -2.14. The summed E-state index contributed by atoms with van der Waals surface area (Å²) in [5.41, 5.74) is 2.33. The summed E-state index contributed by atoms with van der Waals surface area (Å²) in [7, 11) is 0. The highest BCUT2D eigenvalue weighted by atomic mass is 16.5. The smallest absolute Gasteiger partial charge is 0.338 e. The van der Waals surface area contributed by atoms with Crippen LogP contribution in [0.1, 0.15) is 20.7 Å². The van der Waals surface area contributed by atoms with E-state index >= 15 is 0 Å². The molecule has 1 aromatic carbocycles. The van der Waals surface area contributed by atoms with Gasteiger partial charge in [-0.1, -0.05) is 0 Å². The first kappa shape index (κ1) is 13.0. The van der Waals surface area contributed by atoms with Crippen molar-refractivity contribution in [2.75, 3.05) is 6.61 Å². The number of carbonyl (C=O) groups is 2. The van der Waals surface area contributed by atoms with Crippen molar-refractivity contribution in [2.24, 2.45) is 0 Å². The number of H-pyrrole nitrogens is 1. The summed E-state index contributed by atoms with van der Waals surface area (Å²) in [6.07, 6.45) is 4.58. The summed E-state index contributed by atoms with van der Waals surface area (Å²) >= 11 is 0. The van der Waals surface area contributed by atoms with Gasteiger partial charge in [-0.2, -0.15) is 0 Å². The van der Waals surface area contributed by atoms with E-state index in [1.807, 2.05) is 0 Å². The average Bonchev–Trinajstić information content (AvgIpc) is 3.00. The number of ketones is 1. The van der Waals surface area contributed by atoms with Crippen molar-refractivity contribution in [1.29, 1.82) is 0 Å². The second-order valence-electron chi connectivity index (χ2n) is 4.37. The van der Waals surface area contributed by atoms with E-state index in [1.54, 1.807) is 36.7 Å². The third kappa shape index (κ3) is 2.79. The first-order chi connectivity index (χ1) is 10.2. The summed E-state index contributed by atoms with van der Waals surface area (Å²) in [6.45, 7) is -0.302. The minimum atomic E-state index is -0.547. The molecule has 0 radical (unpaired) electrons. The van der Waals surface area contributed by atoms with Crippen molar-refractivity contribution in [2.45, 2.75) is 0 Å². The number of imidazole rings is 1. The number of hydrogen-bond acceptors (Lipinski definition) is 5. The van der Waals surface area contributed by atoms with Gasteiger partial charge in [-0.15, -0.1) is 0 Å². The number of nitrogens with one attached hydrogen (secondary N) is 1. The van der Waals surface area contributed by atoms with E-state index in [0.717, 1.165) is 11.0 Å². The molecule has 2 heterocycles. The third-order valence-electron chi connectivity index (χ3n) is 2.99. The van der Waals surface area contributed by atoms with Crippen molar-refractivity contribution >= 4 is 22.8 Å². The van der Waals surface area contributed by atoms with Gasteiger partial charge in [-0.3, -0.25) is 9.78 Å². The van der Waals surface area contributed by atoms with Crippen LogP contribution in [0.3, 0.4) is 0 Å². The Hall–Kier alpha value is -3.02. The largest absolute Gasteiger partial charge is 0.454 e. The predicted octanol–water partition coefficient (Wildman–Crippen LogP) is 2.00. The van der Waals surface area contributed by atoms with Crippen molar-refractivity contribution in [3.63, 3.8) is 0 Å². The van der Waals surface area contributed by atoms with Crippen LogP contribution >= 0.6 is 0 Å². The number of aromatic nitrogens is 3. The summed E-state index contributed by atoms with van der Waals surface area (Å²) in [5.74, 6) is -0.817. The highest BCUT2D eigenvalue weighted by molar-refractivity contribution is 5.99. The molecule has 0 saturated carbocycles. The van der Waals surface area contributed by atoms with Crippen LogP contribution in [0, 0.1) is 0 Å². The first-order valence-electron chi connectivity index (χ1n) is 6.27. The van der Waals surface area contributed by atoms with E-state index < -0.39 is 5.97 Å². The van der Waals surface area contributed by atoms with Gasteiger partial charge in [0.2, 0.25) is 0 Å². The number of nitrogens with zero attached hydrogens (tertiary/aromatic N) is 2. The Kier molecular flexibility index (Phi) is 3.42. The molecule has 3 aromatic rings. The zero-order valence-electron chi connectivity index (χ0n) is 10.9. The fourth-order valence-corrected chi connectivity index (χ4v) is 1.90. The van der Waals surface area contributed by atoms with Crippen molar-refractivity contribution in [1.82, 2.24) is 15.0 Å². The SMILES string of the molecule is O=C(COC(=O)c1ccc2nc[nH]c2c1)c1ccncc1. The van der Waals surface area contributed by atoms with Gasteiger partial charge in [0.15, 0.2) is 12.4 Å². The van der Waals surface area contributed by atoms with Crippen LogP contribution in [0.25, 0.3) is 11.0 Å². The molecule has 0 bridgehead atoms. The van der Waals surface area contributed by atoms with E-state index in [4.69, 9.17) is 4.74 Å². The molecule has 0 aliphatic carbocycles. The standard InChI is InChI=1S/C15H11N3O3/c19-14(10-3-5-16-6-4-10)8-21-15(20)11-1-2-12-13(7-11)18-9-17-12/h1-7,9H,8H2,(H,17,18). The maximum atomic E-state index is 11.9. The second kappa shape index (κ2) is 5.54. The molecule has 0 fully saturated rings. The Bertz CT molecular complexity index is 796. The van der Waals surface area contributed by atoms with E-state index in [9.17, 15) is 9.59 Å². The summed E-state index contributed by atoms with van der Waals surface area (Å²) in [5, 5.41) is 0. The maximum Gasteiger partial charge on any atom is 0.338 e. The number of pyridine rings is 1. The van der Waals surface area contributed by atoms with Crippen LogP contribution in [-0.2, 0) is 4.74 Å². The molecule has 2 aromatic heterocycles. The molecule has 104 valence electrons. The normalized spacial score (nSPS) is 10.5. The van der Waals surface area contributed by atoms with Gasteiger partial charge in [0.25, 0.3) is 0 Å². The number of carbonyl (C=O) groups excluding carboxylic acids is 2. The molecule has 3 rings (SSSR count). The molecular weight excluding hydrogens is 270 g/mol.